The summed E-state index contributed by atoms with van der Waals surface area (Å²) in [6.45, 7) is 6.15. The second kappa shape index (κ2) is 5.31. The van der Waals surface area contributed by atoms with Crippen LogP contribution < -0.4 is 5.32 Å². The molecular formula is C14H20F3N. The Morgan fingerprint density at radius 2 is 1.50 bits per heavy atom. The minimum Gasteiger partial charge on any atom is -0.317 e. The van der Waals surface area contributed by atoms with E-state index in [-0.39, 0.29) is 5.41 Å². The average Bonchev–Trinajstić information content (AvgIpc) is 2.27. The van der Waals surface area contributed by atoms with Crippen molar-refractivity contribution in [2.24, 2.45) is 0 Å². The Hall–Kier alpha value is -1.03. The van der Waals surface area contributed by atoms with Gasteiger partial charge in [-0.1, -0.05) is 26.0 Å². The molecule has 0 amide bonds. The number of nitrogens with one attached hydrogen (secondary N) is 1. The molecule has 0 saturated carbocycles. The zero-order valence-corrected chi connectivity index (χ0v) is 11.2. The minimum absolute atomic E-state index is 0.146. The lowest BCUT2D eigenvalue weighted by molar-refractivity contribution is -0.137. The lowest BCUT2D eigenvalue weighted by Gasteiger charge is -2.28. The molecule has 1 unspecified atom stereocenters. The van der Waals surface area contributed by atoms with Gasteiger partial charge in [-0.2, -0.15) is 13.2 Å². The molecule has 0 heterocycles. The molecule has 0 aromatic heterocycles. The molecule has 1 atom stereocenters. The van der Waals surface area contributed by atoms with Crippen molar-refractivity contribution in [1.82, 2.24) is 5.32 Å². The molecular weight excluding hydrogens is 239 g/mol. The Labute approximate surface area is 106 Å². The molecule has 0 aliphatic heterocycles. The van der Waals surface area contributed by atoms with Crippen LogP contribution in [0.25, 0.3) is 0 Å². The first-order chi connectivity index (χ1) is 8.16. The number of benzene rings is 1. The molecule has 0 spiro atoms. The van der Waals surface area contributed by atoms with Gasteiger partial charge in [0, 0.05) is 6.04 Å². The Balaban J connectivity index is 2.90. The Morgan fingerprint density at radius 3 is 1.89 bits per heavy atom. The van der Waals surface area contributed by atoms with E-state index in [1.54, 1.807) is 12.1 Å². The SMILES string of the molecule is CNC(C)CC(C)(C)c1ccc(C(F)(F)F)cc1. The summed E-state index contributed by atoms with van der Waals surface area (Å²) >= 11 is 0. The van der Waals surface area contributed by atoms with Crippen LogP contribution in [0.3, 0.4) is 0 Å². The van der Waals surface area contributed by atoms with E-state index in [0.29, 0.717) is 6.04 Å². The molecule has 18 heavy (non-hydrogen) atoms. The van der Waals surface area contributed by atoms with Gasteiger partial charge in [0.2, 0.25) is 0 Å². The second-order valence-electron chi connectivity index (χ2n) is 5.35. The number of hydrogen-bond acceptors (Lipinski definition) is 1. The fraction of sp³-hybridized carbons (Fsp3) is 0.571. The van der Waals surface area contributed by atoms with Gasteiger partial charge in [-0.05, 0) is 43.5 Å². The Kier molecular flexibility index (Phi) is 4.43. The molecule has 0 aliphatic rings. The van der Waals surface area contributed by atoms with Crippen molar-refractivity contribution in [3.05, 3.63) is 35.4 Å². The van der Waals surface area contributed by atoms with Crippen LogP contribution in [0.5, 0.6) is 0 Å². The van der Waals surface area contributed by atoms with Crippen LogP contribution in [0.4, 0.5) is 13.2 Å². The highest BCUT2D eigenvalue weighted by molar-refractivity contribution is 5.29. The van der Waals surface area contributed by atoms with Gasteiger partial charge in [-0.15, -0.1) is 0 Å². The molecule has 4 heteroatoms. The average molecular weight is 259 g/mol. The van der Waals surface area contributed by atoms with E-state index in [0.717, 1.165) is 24.1 Å². The van der Waals surface area contributed by atoms with E-state index >= 15 is 0 Å². The number of hydrogen-bond donors (Lipinski definition) is 1. The van der Waals surface area contributed by atoms with Crippen molar-refractivity contribution in [2.45, 2.75) is 44.8 Å². The fourth-order valence-corrected chi connectivity index (χ4v) is 2.10. The molecule has 0 aliphatic carbocycles. The molecule has 0 saturated heterocycles. The van der Waals surface area contributed by atoms with Crippen molar-refractivity contribution in [2.75, 3.05) is 7.05 Å². The van der Waals surface area contributed by atoms with Gasteiger partial charge in [0.05, 0.1) is 5.56 Å². The Morgan fingerprint density at radius 1 is 1.06 bits per heavy atom. The highest BCUT2D eigenvalue weighted by Gasteiger charge is 2.31. The van der Waals surface area contributed by atoms with Crippen molar-refractivity contribution < 1.29 is 13.2 Å². The predicted octanol–water partition coefficient (Wildman–Crippen LogP) is 3.98. The second-order valence-corrected chi connectivity index (χ2v) is 5.35. The third-order valence-corrected chi connectivity index (χ3v) is 3.30. The number of alkyl halides is 3. The molecule has 1 rings (SSSR count). The van der Waals surface area contributed by atoms with E-state index < -0.39 is 11.7 Å². The lowest BCUT2D eigenvalue weighted by Crippen LogP contribution is -2.30. The van der Waals surface area contributed by atoms with Crippen LogP contribution in [0.1, 0.15) is 38.3 Å². The smallest absolute Gasteiger partial charge is 0.317 e. The van der Waals surface area contributed by atoms with Crippen LogP contribution in [0.15, 0.2) is 24.3 Å². The number of rotatable bonds is 4. The van der Waals surface area contributed by atoms with E-state index in [1.165, 1.54) is 0 Å². The van der Waals surface area contributed by atoms with Gasteiger partial charge < -0.3 is 5.32 Å². The van der Waals surface area contributed by atoms with Crippen molar-refractivity contribution in [3.63, 3.8) is 0 Å². The van der Waals surface area contributed by atoms with Crippen molar-refractivity contribution >= 4 is 0 Å². The van der Waals surface area contributed by atoms with Crippen molar-refractivity contribution in [3.8, 4) is 0 Å². The first-order valence-corrected chi connectivity index (χ1v) is 6.02. The zero-order valence-electron chi connectivity index (χ0n) is 11.2. The third kappa shape index (κ3) is 3.73. The highest BCUT2D eigenvalue weighted by atomic mass is 19.4. The molecule has 1 aromatic carbocycles. The quantitative estimate of drug-likeness (QED) is 0.862. The van der Waals surface area contributed by atoms with Gasteiger partial charge in [0.15, 0.2) is 0 Å². The molecule has 102 valence electrons. The van der Waals surface area contributed by atoms with Crippen molar-refractivity contribution in [1.29, 1.82) is 0 Å². The summed E-state index contributed by atoms with van der Waals surface area (Å²) in [5, 5.41) is 3.15. The van der Waals surface area contributed by atoms with Gasteiger partial charge >= 0.3 is 6.18 Å². The van der Waals surface area contributed by atoms with E-state index in [2.05, 4.69) is 12.2 Å². The normalized spacial score (nSPS) is 14.6. The minimum atomic E-state index is -4.26. The molecule has 1 N–H and O–H groups in total. The lowest BCUT2D eigenvalue weighted by atomic mass is 9.79. The molecule has 1 aromatic rings. The summed E-state index contributed by atoms with van der Waals surface area (Å²) in [7, 11) is 1.88. The van der Waals surface area contributed by atoms with E-state index in [9.17, 15) is 13.2 Å². The highest BCUT2D eigenvalue weighted by Crippen LogP contribution is 2.33. The maximum absolute atomic E-state index is 12.5. The van der Waals surface area contributed by atoms with Crippen LogP contribution in [-0.4, -0.2) is 13.1 Å². The van der Waals surface area contributed by atoms with Crippen LogP contribution in [0, 0.1) is 0 Å². The van der Waals surface area contributed by atoms with Crippen LogP contribution in [-0.2, 0) is 11.6 Å². The maximum Gasteiger partial charge on any atom is 0.416 e. The van der Waals surface area contributed by atoms with Gasteiger partial charge in [0.25, 0.3) is 0 Å². The van der Waals surface area contributed by atoms with E-state index in [1.807, 2.05) is 20.9 Å². The maximum atomic E-state index is 12.5. The standard InChI is InChI=1S/C14H20F3N/c1-10(18-4)9-13(2,3)11-5-7-12(8-6-11)14(15,16)17/h5-8,10,18H,9H2,1-4H3. The molecule has 0 radical (unpaired) electrons. The molecule has 0 bridgehead atoms. The van der Waals surface area contributed by atoms with Gasteiger partial charge in [-0.25, -0.2) is 0 Å². The molecule has 0 fully saturated rings. The van der Waals surface area contributed by atoms with Gasteiger partial charge in [0.1, 0.15) is 0 Å². The molecule has 1 nitrogen and oxygen atoms in total. The third-order valence-electron chi connectivity index (χ3n) is 3.30. The summed E-state index contributed by atoms with van der Waals surface area (Å²) in [5.74, 6) is 0. The summed E-state index contributed by atoms with van der Waals surface area (Å²) in [4.78, 5) is 0. The fourth-order valence-electron chi connectivity index (χ4n) is 2.10. The van der Waals surface area contributed by atoms with E-state index in [4.69, 9.17) is 0 Å². The van der Waals surface area contributed by atoms with Crippen LogP contribution >= 0.6 is 0 Å². The monoisotopic (exact) mass is 259 g/mol. The summed E-state index contributed by atoms with van der Waals surface area (Å²) in [6.07, 6.45) is -3.39. The Bertz CT molecular complexity index is 379. The first-order valence-electron chi connectivity index (χ1n) is 6.02. The van der Waals surface area contributed by atoms with Gasteiger partial charge in [-0.3, -0.25) is 0 Å². The predicted molar refractivity (Wildman–Crippen MR) is 67.6 cm³/mol. The topological polar surface area (TPSA) is 12.0 Å². The summed E-state index contributed by atoms with van der Waals surface area (Å²) < 4.78 is 37.4. The van der Waals surface area contributed by atoms with Crippen LogP contribution in [0.2, 0.25) is 0 Å². The largest absolute Gasteiger partial charge is 0.416 e. The first kappa shape index (κ1) is 15.0. The summed E-state index contributed by atoms with van der Waals surface area (Å²) in [5.41, 5.74) is 0.188. The summed E-state index contributed by atoms with van der Waals surface area (Å²) in [6, 6.07) is 5.78. The zero-order chi connectivity index (χ0) is 14.0. The number of halogens is 3.